The molecule has 1 aromatic heterocycles. The first-order valence-electron chi connectivity index (χ1n) is 11.9. The Bertz CT molecular complexity index is 1010. The van der Waals surface area contributed by atoms with Gasteiger partial charge in [-0.3, -0.25) is 0 Å². The molecule has 35 heavy (non-hydrogen) atoms. The zero-order chi connectivity index (χ0) is 25.7. The highest BCUT2D eigenvalue weighted by Gasteiger charge is 2.10. The van der Waals surface area contributed by atoms with Crippen LogP contribution in [-0.4, -0.2) is 24.6 Å². The minimum atomic E-state index is 0.502. The third-order valence-corrected chi connectivity index (χ3v) is 4.98. The second-order valence-corrected chi connectivity index (χ2v) is 7.61. The molecule has 1 aliphatic rings. The van der Waals surface area contributed by atoms with Crippen LogP contribution in [0.1, 0.15) is 44.2 Å². The highest BCUT2D eigenvalue weighted by molar-refractivity contribution is 5.69. The summed E-state index contributed by atoms with van der Waals surface area (Å²) in [7, 11) is 0. The Morgan fingerprint density at radius 2 is 1.66 bits per heavy atom. The highest BCUT2D eigenvalue weighted by atomic mass is 15.1. The number of aromatic nitrogens is 1. The first-order valence-corrected chi connectivity index (χ1v) is 11.9. The number of rotatable bonds is 5. The number of pyridine rings is 1. The summed E-state index contributed by atoms with van der Waals surface area (Å²) in [6, 6.07) is 25.9. The van der Waals surface area contributed by atoms with Crippen molar-refractivity contribution in [3.63, 3.8) is 0 Å². The van der Waals surface area contributed by atoms with Gasteiger partial charge >= 0.3 is 0 Å². The number of hydrogen-bond acceptors (Lipinski definition) is 5. The lowest BCUT2D eigenvalue weighted by molar-refractivity contribution is 0.635. The van der Waals surface area contributed by atoms with Crippen LogP contribution in [0.15, 0.2) is 90.8 Å². The Balaban J connectivity index is 0.000000270. The van der Waals surface area contributed by atoms with Crippen molar-refractivity contribution in [1.82, 2.24) is 10.3 Å². The first kappa shape index (κ1) is 29.0. The van der Waals surface area contributed by atoms with E-state index in [1.165, 1.54) is 11.3 Å². The van der Waals surface area contributed by atoms with Gasteiger partial charge in [0, 0.05) is 18.4 Å². The van der Waals surface area contributed by atoms with Crippen LogP contribution in [0.3, 0.4) is 0 Å². The molecule has 2 heterocycles. The van der Waals surface area contributed by atoms with Gasteiger partial charge in [-0.1, -0.05) is 75.4 Å². The molecule has 4 rings (SSSR count). The fraction of sp³-hybridized carbons (Fsp3) is 0.267. The maximum Gasteiger partial charge on any atom is 0.153 e. The molecule has 1 aliphatic heterocycles. The number of benzene rings is 2. The molecule has 1 unspecified atom stereocenters. The van der Waals surface area contributed by atoms with Crippen molar-refractivity contribution in [2.75, 3.05) is 30.3 Å². The van der Waals surface area contributed by atoms with Gasteiger partial charge in [0.1, 0.15) is 0 Å². The standard InChI is InChI=1S/C12H16N2.C10H13N3.C6H6.C2H2/c1-3-14-9-10(2)12-6-4-11(8-13)5-7-12;1-2-4-8-7-12-9-5-3-6-11-10(9)13-8;1-2-4-6-5-3-1;1-2/h4-7,10,14H,3,9H2,1-2H3;3-6,12H,2,7H2,1H3,(H,11,13);1-6H;1-2H/b;8-4+;;. The zero-order valence-electron chi connectivity index (χ0n) is 21.0. The summed E-state index contributed by atoms with van der Waals surface area (Å²) in [5.74, 6) is 1.43. The SMILES string of the molecule is C#C.CC/C=C1\CNc2cccnc2N1.CCNCC(C)c1ccc(C#N)cc1.c1ccccc1. The highest BCUT2D eigenvalue weighted by Crippen LogP contribution is 2.23. The van der Waals surface area contributed by atoms with E-state index < -0.39 is 0 Å². The van der Waals surface area contributed by atoms with Gasteiger partial charge in [-0.2, -0.15) is 5.26 Å². The number of anilines is 2. The monoisotopic (exact) mass is 467 g/mol. The lowest BCUT2D eigenvalue weighted by Crippen LogP contribution is -2.19. The molecule has 0 spiro atoms. The van der Waals surface area contributed by atoms with Crippen molar-refractivity contribution in [1.29, 1.82) is 5.26 Å². The molecule has 0 bridgehead atoms. The molecule has 0 amide bonds. The van der Waals surface area contributed by atoms with E-state index in [0.717, 1.165) is 43.1 Å². The normalized spacial score (nSPS) is 12.7. The molecule has 2 aromatic carbocycles. The molecule has 0 radical (unpaired) electrons. The van der Waals surface area contributed by atoms with Crippen LogP contribution < -0.4 is 16.0 Å². The van der Waals surface area contributed by atoms with E-state index in [2.05, 4.69) is 66.7 Å². The van der Waals surface area contributed by atoms with Crippen LogP contribution in [0.2, 0.25) is 0 Å². The van der Waals surface area contributed by atoms with Gasteiger partial charge in [0.15, 0.2) is 5.82 Å². The smallest absolute Gasteiger partial charge is 0.153 e. The third-order valence-electron chi connectivity index (χ3n) is 4.98. The van der Waals surface area contributed by atoms with E-state index in [9.17, 15) is 0 Å². The molecule has 5 nitrogen and oxygen atoms in total. The maximum atomic E-state index is 8.65. The molecule has 3 aromatic rings. The van der Waals surface area contributed by atoms with E-state index >= 15 is 0 Å². The predicted molar refractivity (Wildman–Crippen MR) is 149 cm³/mol. The second kappa shape index (κ2) is 18.4. The molecule has 0 aliphatic carbocycles. The van der Waals surface area contributed by atoms with Gasteiger partial charge in [-0.15, -0.1) is 12.8 Å². The number of terminal acetylenes is 1. The lowest BCUT2D eigenvalue weighted by atomic mass is 10.00. The number of nitriles is 1. The molecule has 0 saturated heterocycles. The van der Waals surface area contributed by atoms with Crippen molar-refractivity contribution in [3.8, 4) is 18.9 Å². The minimum absolute atomic E-state index is 0.502. The molecule has 0 saturated carbocycles. The third kappa shape index (κ3) is 11.6. The van der Waals surface area contributed by atoms with Crippen molar-refractivity contribution in [2.45, 2.75) is 33.1 Å². The van der Waals surface area contributed by atoms with Crippen LogP contribution in [-0.2, 0) is 0 Å². The summed E-state index contributed by atoms with van der Waals surface area (Å²) in [6.07, 6.45) is 13.0. The fourth-order valence-corrected chi connectivity index (χ4v) is 3.15. The van der Waals surface area contributed by atoms with Gasteiger partial charge < -0.3 is 16.0 Å². The Hall–Kier alpha value is -4.06. The first-order chi connectivity index (χ1) is 17.2. The number of nitrogens with zero attached hydrogens (tertiary/aromatic N) is 2. The quantitative estimate of drug-likeness (QED) is 0.378. The number of hydrogen-bond donors (Lipinski definition) is 3. The molecule has 3 N–H and O–H groups in total. The summed E-state index contributed by atoms with van der Waals surface area (Å²) in [6.45, 7) is 9.27. The molecule has 182 valence electrons. The van der Waals surface area contributed by atoms with Crippen LogP contribution >= 0.6 is 0 Å². The van der Waals surface area contributed by atoms with Crippen LogP contribution in [0.5, 0.6) is 0 Å². The number of likely N-dealkylation sites (N-methyl/N-ethyl adjacent to an activating group) is 1. The van der Waals surface area contributed by atoms with Crippen molar-refractivity contribution in [2.24, 2.45) is 0 Å². The number of nitrogens with one attached hydrogen (secondary N) is 3. The van der Waals surface area contributed by atoms with Crippen LogP contribution in [0.4, 0.5) is 11.5 Å². The summed E-state index contributed by atoms with van der Waals surface area (Å²) in [4.78, 5) is 4.24. The van der Waals surface area contributed by atoms with E-state index in [1.807, 2.05) is 72.8 Å². The predicted octanol–water partition coefficient (Wildman–Crippen LogP) is 6.42. The van der Waals surface area contributed by atoms with E-state index in [4.69, 9.17) is 5.26 Å². The maximum absolute atomic E-state index is 8.65. The molecule has 0 fully saturated rings. The Kier molecular flexibility index (Phi) is 15.2. The van der Waals surface area contributed by atoms with Gasteiger partial charge in [-0.25, -0.2) is 4.98 Å². The van der Waals surface area contributed by atoms with Gasteiger partial charge in [0.05, 0.1) is 23.9 Å². The fourth-order valence-electron chi connectivity index (χ4n) is 3.15. The minimum Gasteiger partial charge on any atom is -0.376 e. The van der Waals surface area contributed by atoms with E-state index in [0.29, 0.717) is 5.92 Å². The Morgan fingerprint density at radius 1 is 1.03 bits per heavy atom. The summed E-state index contributed by atoms with van der Waals surface area (Å²) < 4.78 is 0. The molecular weight excluding hydrogens is 430 g/mol. The van der Waals surface area contributed by atoms with Crippen molar-refractivity contribution >= 4 is 11.5 Å². The largest absolute Gasteiger partial charge is 0.376 e. The molecule has 1 atom stereocenters. The van der Waals surface area contributed by atoms with Gasteiger partial charge in [0.2, 0.25) is 0 Å². The Morgan fingerprint density at radius 3 is 2.20 bits per heavy atom. The van der Waals surface area contributed by atoms with E-state index in [-0.39, 0.29) is 0 Å². The second-order valence-electron chi connectivity index (χ2n) is 7.61. The Labute approximate surface area is 211 Å². The summed E-state index contributed by atoms with van der Waals surface area (Å²) in [5.41, 5.74) is 4.29. The van der Waals surface area contributed by atoms with Crippen molar-refractivity contribution < 1.29 is 0 Å². The van der Waals surface area contributed by atoms with Gasteiger partial charge in [0.25, 0.3) is 0 Å². The van der Waals surface area contributed by atoms with Gasteiger partial charge in [-0.05, 0) is 48.7 Å². The topological polar surface area (TPSA) is 72.8 Å². The zero-order valence-corrected chi connectivity index (χ0v) is 21.0. The molecule has 5 heteroatoms. The average molecular weight is 468 g/mol. The molecular formula is C30H37N5. The van der Waals surface area contributed by atoms with Crippen LogP contribution in [0.25, 0.3) is 0 Å². The van der Waals surface area contributed by atoms with Crippen LogP contribution in [0, 0.1) is 24.2 Å². The summed E-state index contributed by atoms with van der Waals surface area (Å²) >= 11 is 0. The van der Waals surface area contributed by atoms with E-state index in [1.54, 1.807) is 6.20 Å². The van der Waals surface area contributed by atoms with Crippen molar-refractivity contribution in [3.05, 3.63) is 102 Å². The number of fused-ring (bicyclic) bond motifs is 1. The lowest BCUT2D eigenvalue weighted by Gasteiger charge is -2.21. The average Bonchev–Trinajstić information content (AvgIpc) is 2.94. The number of allylic oxidation sites excluding steroid dienone is 1. The summed E-state index contributed by atoms with van der Waals surface area (Å²) in [5, 5.41) is 18.5.